The first kappa shape index (κ1) is 16.3. The van der Waals surface area contributed by atoms with Gasteiger partial charge in [-0.1, -0.05) is 0 Å². The number of halogens is 4. The zero-order valence-corrected chi connectivity index (χ0v) is 9.63. The predicted octanol–water partition coefficient (Wildman–Crippen LogP) is 1.43. The fraction of sp³-hybridized carbons (Fsp3) is 0.600. The molecule has 0 spiro atoms. The molecule has 0 aromatic carbocycles. The van der Waals surface area contributed by atoms with Crippen molar-refractivity contribution in [2.24, 2.45) is 12.8 Å². The molecule has 0 unspecified atom stereocenters. The van der Waals surface area contributed by atoms with E-state index in [1.54, 1.807) is 7.05 Å². The monoisotopic (exact) mass is 266 g/mol. The van der Waals surface area contributed by atoms with Crippen LogP contribution in [0.25, 0.3) is 0 Å². The summed E-state index contributed by atoms with van der Waals surface area (Å²) in [6.45, 7) is 0.202. The molecule has 0 amide bonds. The van der Waals surface area contributed by atoms with E-state index in [1.807, 2.05) is 0 Å². The number of hydrogen-bond acceptors (Lipinski definition) is 4. The van der Waals surface area contributed by atoms with Gasteiger partial charge in [0.05, 0.1) is 6.54 Å². The third kappa shape index (κ3) is 3.95. The van der Waals surface area contributed by atoms with Crippen LogP contribution in [-0.2, 0) is 13.6 Å². The van der Waals surface area contributed by atoms with Crippen molar-refractivity contribution in [3.63, 3.8) is 0 Å². The molecule has 14 heavy (non-hydrogen) atoms. The molecule has 4 nitrogen and oxygen atoms in total. The molecule has 0 saturated heterocycles. The Balaban J connectivity index is 0. The van der Waals surface area contributed by atoms with E-state index in [1.165, 1.54) is 4.57 Å². The summed E-state index contributed by atoms with van der Waals surface area (Å²) in [5, 5.41) is 7.35. The lowest BCUT2D eigenvalue weighted by molar-refractivity contribution is 0.251. The summed E-state index contributed by atoms with van der Waals surface area (Å²) in [6.07, 6.45) is 0. The van der Waals surface area contributed by atoms with E-state index in [2.05, 4.69) is 10.2 Å². The van der Waals surface area contributed by atoms with Crippen molar-refractivity contribution in [2.75, 3.05) is 0 Å². The average Bonchev–Trinajstić information content (AvgIpc) is 2.32. The predicted molar refractivity (Wildman–Crippen MR) is 55.3 cm³/mol. The number of alkyl halides is 2. The molecule has 84 valence electrons. The summed E-state index contributed by atoms with van der Waals surface area (Å²) in [4.78, 5) is 0. The van der Waals surface area contributed by atoms with Crippen molar-refractivity contribution in [1.29, 1.82) is 0 Å². The van der Waals surface area contributed by atoms with Crippen LogP contribution in [0.2, 0.25) is 0 Å². The van der Waals surface area contributed by atoms with Gasteiger partial charge in [0.1, 0.15) is 5.82 Å². The van der Waals surface area contributed by atoms with Gasteiger partial charge in [-0.15, -0.1) is 35.0 Å². The third-order valence-corrected chi connectivity index (χ3v) is 2.05. The van der Waals surface area contributed by atoms with Crippen LogP contribution in [0, 0.1) is 0 Å². The van der Waals surface area contributed by atoms with Gasteiger partial charge in [-0.05, 0) is 11.8 Å². The Morgan fingerprint density at radius 1 is 1.43 bits per heavy atom. The molecule has 0 fully saturated rings. The van der Waals surface area contributed by atoms with E-state index in [9.17, 15) is 8.78 Å². The van der Waals surface area contributed by atoms with E-state index in [-0.39, 0.29) is 36.5 Å². The molecule has 1 rings (SSSR count). The van der Waals surface area contributed by atoms with Gasteiger partial charge in [-0.2, -0.15) is 8.78 Å². The highest BCUT2D eigenvalue weighted by molar-refractivity contribution is 7.99. The van der Waals surface area contributed by atoms with Crippen LogP contribution in [0.15, 0.2) is 5.16 Å². The molecule has 0 saturated carbocycles. The van der Waals surface area contributed by atoms with Gasteiger partial charge in [0.2, 0.25) is 0 Å². The molecule has 1 aromatic rings. The maximum Gasteiger partial charge on any atom is 0.291 e. The number of rotatable bonds is 3. The van der Waals surface area contributed by atoms with E-state index in [0.717, 1.165) is 0 Å². The second-order valence-electron chi connectivity index (χ2n) is 2.04. The standard InChI is InChI=1S/C5H8F2N4S.2ClH/c1-11-3(2-8)9-10-5(11)12-4(6)7;;/h4H,2,8H2,1H3;2*1H. The zero-order valence-electron chi connectivity index (χ0n) is 7.18. The first-order valence-corrected chi connectivity index (χ1v) is 4.06. The number of nitrogens with zero attached hydrogens (tertiary/aromatic N) is 3. The van der Waals surface area contributed by atoms with Gasteiger partial charge >= 0.3 is 0 Å². The summed E-state index contributed by atoms with van der Waals surface area (Å²) in [5.74, 6) is -1.98. The van der Waals surface area contributed by atoms with Gasteiger partial charge < -0.3 is 10.3 Å². The Bertz CT molecular complexity index is 270. The van der Waals surface area contributed by atoms with Crippen LogP contribution in [0.1, 0.15) is 5.82 Å². The molecule has 0 atom stereocenters. The summed E-state index contributed by atoms with van der Waals surface area (Å²) in [6, 6.07) is 0. The van der Waals surface area contributed by atoms with Gasteiger partial charge in [-0.25, -0.2) is 0 Å². The van der Waals surface area contributed by atoms with Crippen LogP contribution < -0.4 is 5.73 Å². The molecule has 0 aliphatic heterocycles. The quantitative estimate of drug-likeness (QED) is 0.842. The molecule has 0 aliphatic rings. The second kappa shape index (κ2) is 7.22. The molecule has 1 heterocycles. The van der Waals surface area contributed by atoms with Crippen LogP contribution >= 0.6 is 36.6 Å². The Hall–Kier alpha value is -0.110. The molecule has 0 aliphatic carbocycles. The van der Waals surface area contributed by atoms with E-state index < -0.39 is 5.76 Å². The lowest BCUT2D eigenvalue weighted by atomic mass is 10.6. The maximum atomic E-state index is 11.9. The summed E-state index contributed by atoms with van der Waals surface area (Å²) < 4.78 is 25.2. The number of thioether (sulfide) groups is 1. The fourth-order valence-electron chi connectivity index (χ4n) is 0.705. The molecular weight excluding hydrogens is 257 g/mol. The van der Waals surface area contributed by atoms with Crippen LogP contribution in [0.3, 0.4) is 0 Å². The first-order chi connectivity index (χ1) is 5.65. The van der Waals surface area contributed by atoms with Gasteiger partial charge in [0.25, 0.3) is 5.76 Å². The topological polar surface area (TPSA) is 56.7 Å². The maximum absolute atomic E-state index is 11.9. The largest absolute Gasteiger partial charge is 0.324 e. The number of nitrogens with two attached hydrogens (primary N) is 1. The summed E-state index contributed by atoms with van der Waals surface area (Å²) >= 11 is 0.362. The zero-order chi connectivity index (χ0) is 9.14. The minimum atomic E-state index is -2.47. The minimum absolute atomic E-state index is 0. The Morgan fingerprint density at radius 3 is 2.36 bits per heavy atom. The summed E-state index contributed by atoms with van der Waals surface area (Å²) in [5.41, 5.74) is 5.27. The second-order valence-corrected chi connectivity index (χ2v) is 3.00. The van der Waals surface area contributed by atoms with Crippen LogP contribution in [0.4, 0.5) is 8.78 Å². The lowest BCUT2D eigenvalue weighted by Crippen LogP contribution is -2.05. The molecule has 0 bridgehead atoms. The Labute approximate surface area is 96.5 Å². The first-order valence-electron chi connectivity index (χ1n) is 3.18. The highest BCUT2D eigenvalue weighted by Gasteiger charge is 2.12. The van der Waals surface area contributed by atoms with Crippen LogP contribution in [0.5, 0.6) is 0 Å². The van der Waals surface area contributed by atoms with Crippen molar-refractivity contribution in [2.45, 2.75) is 17.5 Å². The van der Waals surface area contributed by atoms with Gasteiger partial charge in [-0.3, -0.25) is 0 Å². The van der Waals surface area contributed by atoms with Crippen molar-refractivity contribution in [3.8, 4) is 0 Å². The van der Waals surface area contributed by atoms with Crippen molar-refractivity contribution < 1.29 is 8.78 Å². The molecular formula is C5H10Cl2F2N4S. The van der Waals surface area contributed by atoms with Gasteiger partial charge in [0, 0.05) is 7.05 Å². The minimum Gasteiger partial charge on any atom is -0.324 e. The molecule has 9 heteroatoms. The van der Waals surface area contributed by atoms with Gasteiger partial charge in [0.15, 0.2) is 5.16 Å². The molecule has 2 N–H and O–H groups in total. The fourth-order valence-corrected chi connectivity index (χ4v) is 1.22. The number of hydrogen-bond donors (Lipinski definition) is 1. The Morgan fingerprint density at radius 2 is 2.00 bits per heavy atom. The van der Waals surface area contributed by atoms with E-state index >= 15 is 0 Å². The normalized spacial score (nSPS) is 9.50. The van der Waals surface area contributed by atoms with E-state index in [0.29, 0.717) is 17.6 Å². The highest BCUT2D eigenvalue weighted by Crippen LogP contribution is 2.22. The molecule has 0 radical (unpaired) electrons. The Kier molecular flexibility index (Phi) is 8.42. The average molecular weight is 267 g/mol. The SMILES string of the molecule is Cl.Cl.Cn1c(CN)nnc1SC(F)F. The summed E-state index contributed by atoms with van der Waals surface area (Å²) in [7, 11) is 1.60. The smallest absolute Gasteiger partial charge is 0.291 e. The third-order valence-electron chi connectivity index (χ3n) is 1.30. The highest BCUT2D eigenvalue weighted by atomic mass is 35.5. The number of aromatic nitrogens is 3. The van der Waals surface area contributed by atoms with Crippen LogP contribution in [-0.4, -0.2) is 20.5 Å². The van der Waals surface area contributed by atoms with Crippen molar-refractivity contribution >= 4 is 36.6 Å². The van der Waals surface area contributed by atoms with E-state index in [4.69, 9.17) is 5.73 Å². The van der Waals surface area contributed by atoms with Crippen molar-refractivity contribution in [3.05, 3.63) is 5.82 Å². The molecule has 1 aromatic heterocycles. The lowest BCUT2D eigenvalue weighted by Gasteiger charge is -1.99. The van der Waals surface area contributed by atoms with Crippen molar-refractivity contribution in [1.82, 2.24) is 14.8 Å².